The Bertz CT molecular complexity index is 476. The standard InChI is InChI=1S/C16H22O9/c1-5-22-13(17)11(3)15(19)24-9-7-21-8-10-25-16(20)12(4)14(18)23-6-2/h3-10H2,1-2H3. The fraction of sp³-hybridized carbons (Fsp3) is 0.500. The van der Waals surface area contributed by atoms with Gasteiger partial charge in [0.25, 0.3) is 0 Å². The molecule has 9 nitrogen and oxygen atoms in total. The molecule has 0 N–H and O–H groups in total. The van der Waals surface area contributed by atoms with Crippen molar-refractivity contribution in [3.8, 4) is 0 Å². The molecule has 0 unspecified atom stereocenters. The van der Waals surface area contributed by atoms with E-state index in [0.29, 0.717) is 0 Å². The molecule has 140 valence electrons. The molecule has 0 radical (unpaired) electrons. The van der Waals surface area contributed by atoms with Gasteiger partial charge in [-0.1, -0.05) is 13.2 Å². The Hall–Kier alpha value is -2.68. The molecule has 0 heterocycles. The van der Waals surface area contributed by atoms with E-state index in [2.05, 4.69) is 22.6 Å². The van der Waals surface area contributed by atoms with Gasteiger partial charge in [-0.3, -0.25) is 0 Å². The van der Waals surface area contributed by atoms with Crippen LogP contribution in [-0.4, -0.2) is 63.5 Å². The van der Waals surface area contributed by atoms with Gasteiger partial charge < -0.3 is 23.7 Å². The smallest absolute Gasteiger partial charge is 0.345 e. The molecule has 0 aromatic heterocycles. The first-order chi connectivity index (χ1) is 11.8. The fourth-order valence-electron chi connectivity index (χ4n) is 1.27. The predicted molar refractivity (Wildman–Crippen MR) is 84.3 cm³/mol. The van der Waals surface area contributed by atoms with Crippen molar-refractivity contribution in [3.63, 3.8) is 0 Å². The molecule has 9 heteroatoms. The summed E-state index contributed by atoms with van der Waals surface area (Å²) in [5.41, 5.74) is -0.818. The number of carbonyl (C=O) groups excluding carboxylic acids is 4. The first-order valence-electron chi connectivity index (χ1n) is 7.49. The minimum atomic E-state index is -0.904. The second-order valence-corrected chi connectivity index (χ2v) is 4.28. The summed E-state index contributed by atoms with van der Waals surface area (Å²) in [5, 5.41) is 0. The van der Waals surface area contributed by atoms with E-state index in [1.807, 2.05) is 0 Å². The summed E-state index contributed by atoms with van der Waals surface area (Å²) in [4.78, 5) is 45.3. The van der Waals surface area contributed by atoms with Gasteiger partial charge in [0.1, 0.15) is 24.4 Å². The van der Waals surface area contributed by atoms with Crippen LogP contribution in [0.3, 0.4) is 0 Å². The SMILES string of the molecule is C=C(C(=O)OCC)C(=O)OCCOCCOC(=O)C(=C)C(=O)OCC. The lowest BCUT2D eigenvalue weighted by Crippen LogP contribution is -2.21. The van der Waals surface area contributed by atoms with E-state index in [-0.39, 0.29) is 39.6 Å². The Balaban J connectivity index is 3.80. The minimum Gasteiger partial charge on any atom is -0.462 e. The van der Waals surface area contributed by atoms with Crippen LogP contribution in [0.15, 0.2) is 24.3 Å². The summed E-state index contributed by atoms with van der Waals surface area (Å²) < 4.78 is 23.8. The molecule has 0 aromatic rings. The Labute approximate surface area is 145 Å². The molecule has 25 heavy (non-hydrogen) atoms. The lowest BCUT2D eigenvalue weighted by Gasteiger charge is -2.08. The zero-order chi connectivity index (χ0) is 19.2. The number of esters is 4. The van der Waals surface area contributed by atoms with Gasteiger partial charge >= 0.3 is 23.9 Å². The first kappa shape index (κ1) is 22.3. The number of rotatable bonds is 12. The van der Waals surface area contributed by atoms with Gasteiger partial charge in [-0.15, -0.1) is 0 Å². The molecule has 0 bridgehead atoms. The molecule has 0 aliphatic carbocycles. The second kappa shape index (κ2) is 12.7. The van der Waals surface area contributed by atoms with Crippen LogP contribution in [0.5, 0.6) is 0 Å². The van der Waals surface area contributed by atoms with Gasteiger partial charge in [0.15, 0.2) is 0 Å². The van der Waals surface area contributed by atoms with Crippen molar-refractivity contribution in [2.75, 3.05) is 39.6 Å². The molecule has 0 saturated heterocycles. The number of ether oxygens (including phenoxy) is 5. The molecule has 0 aliphatic heterocycles. The summed E-state index contributed by atoms with van der Waals surface area (Å²) in [6.45, 7) is 9.75. The normalized spacial score (nSPS) is 9.68. The highest BCUT2D eigenvalue weighted by molar-refractivity contribution is 6.13. The lowest BCUT2D eigenvalue weighted by atomic mass is 10.3. The molecular weight excluding hydrogens is 336 g/mol. The zero-order valence-electron chi connectivity index (χ0n) is 14.3. The van der Waals surface area contributed by atoms with Crippen LogP contribution in [0.2, 0.25) is 0 Å². The van der Waals surface area contributed by atoms with Gasteiger partial charge in [-0.05, 0) is 13.8 Å². The molecule has 0 spiro atoms. The molecule has 0 rings (SSSR count). The number of hydrogen-bond donors (Lipinski definition) is 0. The van der Waals surface area contributed by atoms with Crippen molar-refractivity contribution >= 4 is 23.9 Å². The van der Waals surface area contributed by atoms with E-state index >= 15 is 0 Å². The maximum Gasteiger partial charge on any atom is 0.345 e. The lowest BCUT2D eigenvalue weighted by molar-refractivity contribution is -0.148. The van der Waals surface area contributed by atoms with Gasteiger partial charge in [-0.25, -0.2) is 19.2 Å². The maximum atomic E-state index is 11.4. The highest BCUT2D eigenvalue weighted by Crippen LogP contribution is 2.00. The van der Waals surface area contributed by atoms with Gasteiger partial charge in [0.05, 0.1) is 26.4 Å². The summed E-state index contributed by atoms with van der Waals surface area (Å²) in [5.74, 6) is -3.50. The Morgan fingerprint density at radius 2 is 0.920 bits per heavy atom. The van der Waals surface area contributed by atoms with E-state index in [4.69, 9.17) is 14.2 Å². The third kappa shape index (κ3) is 9.26. The van der Waals surface area contributed by atoms with Crippen LogP contribution in [-0.2, 0) is 42.9 Å². The first-order valence-corrected chi connectivity index (χ1v) is 7.49. The minimum absolute atomic E-state index is 0.0121. The van der Waals surface area contributed by atoms with Crippen LogP contribution >= 0.6 is 0 Å². The fourth-order valence-corrected chi connectivity index (χ4v) is 1.27. The molecule has 0 aromatic carbocycles. The van der Waals surface area contributed by atoms with E-state index in [1.54, 1.807) is 13.8 Å². The topological polar surface area (TPSA) is 114 Å². The van der Waals surface area contributed by atoms with Crippen LogP contribution in [0.1, 0.15) is 13.8 Å². The quantitative estimate of drug-likeness (QED) is 0.121. The number of carbonyl (C=O) groups is 4. The molecule has 0 saturated carbocycles. The van der Waals surface area contributed by atoms with Crippen molar-refractivity contribution < 1.29 is 42.9 Å². The Morgan fingerprint density at radius 1 is 0.600 bits per heavy atom. The van der Waals surface area contributed by atoms with Crippen molar-refractivity contribution in [2.45, 2.75) is 13.8 Å². The van der Waals surface area contributed by atoms with Crippen LogP contribution in [0.4, 0.5) is 0 Å². The maximum absolute atomic E-state index is 11.4. The molecule has 0 atom stereocenters. The largest absolute Gasteiger partial charge is 0.462 e. The molecule has 0 amide bonds. The Morgan fingerprint density at radius 3 is 1.24 bits per heavy atom. The summed E-state index contributed by atoms with van der Waals surface area (Å²) in [7, 11) is 0. The van der Waals surface area contributed by atoms with E-state index in [1.165, 1.54) is 0 Å². The second-order valence-electron chi connectivity index (χ2n) is 4.28. The number of hydrogen-bond acceptors (Lipinski definition) is 9. The average molecular weight is 358 g/mol. The van der Waals surface area contributed by atoms with E-state index in [0.717, 1.165) is 0 Å². The zero-order valence-corrected chi connectivity index (χ0v) is 14.3. The van der Waals surface area contributed by atoms with Crippen molar-refractivity contribution in [1.82, 2.24) is 0 Å². The summed E-state index contributed by atoms with van der Waals surface area (Å²) in [6, 6.07) is 0. The van der Waals surface area contributed by atoms with Crippen molar-refractivity contribution in [3.05, 3.63) is 24.3 Å². The monoisotopic (exact) mass is 358 g/mol. The molecule has 0 aliphatic rings. The van der Waals surface area contributed by atoms with E-state index < -0.39 is 35.0 Å². The van der Waals surface area contributed by atoms with Crippen LogP contribution in [0.25, 0.3) is 0 Å². The third-order valence-electron chi connectivity index (χ3n) is 2.46. The molecular formula is C16H22O9. The highest BCUT2D eigenvalue weighted by Gasteiger charge is 2.19. The van der Waals surface area contributed by atoms with Gasteiger partial charge in [0, 0.05) is 0 Å². The average Bonchev–Trinajstić information content (AvgIpc) is 2.59. The van der Waals surface area contributed by atoms with E-state index in [9.17, 15) is 19.2 Å². The van der Waals surface area contributed by atoms with Crippen molar-refractivity contribution in [2.24, 2.45) is 0 Å². The van der Waals surface area contributed by atoms with Crippen LogP contribution < -0.4 is 0 Å². The van der Waals surface area contributed by atoms with Crippen molar-refractivity contribution in [1.29, 1.82) is 0 Å². The third-order valence-corrected chi connectivity index (χ3v) is 2.46. The van der Waals surface area contributed by atoms with Gasteiger partial charge in [-0.2, -0.15) is 0 Å². The van der Waals surface area contributed by atoms with Crippen LogP contribution in [0, 0.1) is 0 Å². The highest BCUT2D eigenvalue weighted by atomic mass is 16.6. The summed E-state index contributed by atoms with van der Waals surface area (Å²) >= 11 is 0. The predicted octanol–water partition coefficient (Wildman–Crippen LogP) is 0.328. The Kier molecular flexibility index (Phi) is 11.3. The molecule has 0 fully saturated rings. The van der Waals surface area contributed by atoms with Gasteiger partial charge in [0.2, 0.25) is 0 Å². The summed E-state index contributed by atoms with van der Waals surface area (Å²) in [6.07, 6.45) is 0.